The number of hydrogen-bond donors (Lipinski definition) is 1. The number of rotatable bonds is 2. The van der Waals surface area contributed by atoms with Gasteiger partial charge in [-0.2, -0.15) is 13.2 Å². The molecule has 1 amide bonds. The smallest absolute Gasteiger partial charge is 0.369 e. The van der Waals surface area contributed by atoms with E-state index >= 15 is 0 Å². The van der Waals surface area contributed by atoms with E-state index in [1.54, 1.807) is 0 Å². The molecule has 0 spiro atoms. The molecule has 2 nitrogen and oxygen atoms in total. The summed E-state index contributed by atoms with van der Waals surface area (Å²) in [6.07, 6.45) is -5.33. The van der Waals surface area contributed by atoms with Crippen LogP contribution in [0.2, 0.25) is 0 Å². The molecule has 0 aliphatic rings. The molecule has 0 aromatic carbocycles. The minimum absolute atomic E-state index is 0.830. The Morgan fingerprint density at radius 2 is 1.90 bits per heavy atom. The van der Waals surface area contributed by atoms with Gasteiger partial charge in [-0.05, 0) is 0 Å². The second-order valence-electron chi connectivity index (χ2n) is 1.74. The van der Waals surface area contributed by atoms with Crippen molar-refractivity contribution in [2.45, 2.75) is 12.6 Å². The topological polar surface area (TPSA) is 43.1 Å². The van der Waals surface area contributed by atoms with Crippen LogP contribution in [0.1, 0.15) is 6.42 Å². The van der Waals surface area contributed by atoms with Crippen LogP contribution >= 0.6 is 0 Å². The van der Waals surface area contributed by atoms with Gasteiger partial charge in [-0.1, -0.05) is 6.58 Å². The monoisotopic (exact) mass is 153 g/mol. The van der Waals surface area contributed by atoms with Crippen molar-refractivity contribution in [1.29, 1.82) is 0 Å². The average Bonchev–Trinajstić information content (AvgIpc) is 1.60. The van der Waals surface area contributed by atoms with Crippen molar-refractivity contribution in [3.8, 4) is 0 Å². The zero-order chi connectivity index (χ0) is 8.36. The Hall–Kier alpha value is -1.00. The summed E-state index contributed by atoms with van der Waals surface area (Å²) >= 11 is 0. The molecule has 2 N–H and O–H groups in total. The van der Waals surface area contributed by atoms with E-state index < -0.39 is 24.1 Å². The van der Waals surface area contributed by atoms with Crippen molar-refractivity contribution in [2.75, 3.05) is 0 Å². The fourth-order valence-corrected chi connectivity index (χ4v) is 0.311. The summed E-state index contributed by atoms with van der Waals surface area (Å²) in [6.45, 7) is 2.64. The van der Waals surface area contributed by atoms with Gasteiger partial charge >= 0.3 is 6.18 Å². The molecule has 0 saturated heterocycles. The van der Waals surface area contributed by atoms with E-state index in [0.717, 1.165) is 0 Å². The van der Waals surface area contributed by atoms with E-state index in [4.69, 9.17) is 0 Å². The van der Waals surface area contributed by atoms with Crippen LogP contribution in [0.4, 0.5) is 13.2 Å². The molecule has 0 aliphatic heterocycles. The number of nitrogens with two attached hydrogens (primary N) is 1. The van der Waals surface area contributed by atoms with Gasteiger partial charge in [0.1, 0.15) is 0 Å². The standard InChI is InChI=1S/C5H6F3NO/c1-3(2-4(9)10)5(6,7)8/h1-2H2,(H2,9,10). The lowest BCUT2D eigenvalue weighted by Gasteiger charge is -2.06. The molecule has 0 heterocycles. The number of carbonyl (C=O) groups is 1. The SMILES string of the molecule is C=C(CC(N)=O)C(F)(F)F. The maximum Gasteiger partial charge on any atom is 0.412 e. The average molecular weight is 153 g/mol. The molecule has 10 heavy (non-hydrogen) atoms. The van der Waals surface area contributed by atoms with Crippen molar-refractivity contribution in [2.24, 2.45) is 5.73 Å². The van der Waals surface area contributed by atoms with Crippen LogP contribution in [-0.2, 0) is 4.79 Å². The summed E-state index contributed by atoms with van der Waals surface area (Å²) in [4.78, 5) is 9.92. The molecule has 0 aliphatic carbocycles. The lowest BCUT2D eigenvalue weighted by molar-refractivity contribution is -0.122. The predicted octanol–water partition coefficient (Wildman–Crippen LogP) is 0.980. The number of hydrogen-bond acceptors (Lipinski definition) is 1. The van der Waals surface area contributed by atoms with Gasteiger partial charge < -0.3 is 5.73 Å². The lowest BCUT2D eigenvalue weighted by atomic mass is 10.2. The molecule has 5 heteroatoms. The second-order valence-corrected chi connectivity index (χ2v) is 1.74. The van der Waals surface area contributed by atoms with Crippen LogP contribution in [-0.4, -0.2) is 12.1 Å². The van der Waals surface area contributed by atoms with Crippen molar-refractivity contribution in [3.63, 3.8) is 0 Å². The molecule has 0 rings (SSSR count). The van der Waals surface area contributed by atoms with E-state index in [0.29, 0.717) is 0 Å². The van der Waals surface area contributed by atoms with Gasteiger partial charge in [-0.25, -0.2) is 0 Å². The van der Waals surface area contributed by atoms with Gasteiger partial charge in [-0.3, -0.25) is 4.79 Å². The molecule has 0 radical (unpaired) electrons. The van der Waals surface area contributed by atoms with Crippen LogP contribution in [0.15, 0.2) is 12.2 Å². The molecular formula is C5H6F3NO. The van der Waals surface area contributed by atoms with Crippen molar-refractivity contribution in [1.82, 2.24) is 0 Å². The highest BCUT2D eigenvalue weighted by Crippen LogP contribution is 2.25. The highest BCUT2D eigenvalue weighted by Gasteiger charge is 2.32. The number of carbonyl (C=O) groups excluding carboxylic acids is 1. The number of primary amides is 1. The summed E-state index contributed by atoms with van der Waals surface area (Å²) in [5, 5.41) is 0. The van der Waals surface area contributed by atoms with Gasteiger partial charge in [0.05, 0.1) is 6.42 Å². The molecular weight excluding hydrogens is 147 g/mol. The maximum atomic E-state index is 11.5. The van der Waals surface area contributed by atoms with Crippen molar-refractivity contribution < 1.29 is 18.0 Å². The Balaban J connectivity index is 3.99. The molecule has 0 saturated carbocycles. The lowest BCUT2D eigenvalue weighted by Crippen LogP contribution is -2.18. The Labute approximate surface area is 55.5 Å². The summed E-state index contributed by atoms with van der Waals surface area (Å²) in [6, 6.07) is 0. The zero-order valence-electron chi connectivity index (χ0n) is 5.03. The summed E-state index contributed by atoms with van der Waals surface area (Å²) in [7, 11) is 0. The van der Waals surface area contributed by atoms with Crippen molar-refractivity contribution in [3.05, 3.63) is 12.2 Å². The Bertz CT molecular complexity index is 161. The van der Waals surface area contributed by atoms with Gasteiger partial charge in [0.25, 0.3) is 0 Å². The van der Waals surface area contributed by atoms with Gasteiger partial charge in [0.15, 0.2) is 0 Å². The minimum atomic E-state index is -4.50. The second kappa shape index (κ2) is 2.72. The van der Waals surface area contributed by atoms with Crippen LogP contribution < -0.4 is 5.73 Å². The molecule has 0 atom stereocenters. The van der Waals surface area contributed by atoms with Crippen LogP contribution in [0.25, 0.3) is 0 Å². The number of amides is 1. The highest BCUT2D eigenvalue weighted by molar-refractivity contribution is 5.76. The highest BCUT2D eigenvalue weighted by atomic mass is 19.4. The fourth-order valence-electron chi connectivity index (χ4n) is 0.311. The molecule has 0 aromatic rings. The molecule has 0 fully saturated rings. The third-order valence-corrected chi connectivity index (χ3v) is 0.789. The molecule has 58 valence electrons. The quantitative estimate of drug-likeness (QED) is 0.590. The minimum Gasteiger partial charge on any atom is -0.369 e. The van der Waals surface area contributed by atoms with E-state index in [1.807, 2.05) is 0 Å². The zero-order valence-corrected chi connectivity index (χ0v) is 5.03. The molecule has 0 aromatic heterocycles. The van der Waals surface area contributed by atoms with Gasteiger partial charge in [0.2, 0.25) is 5.91 Å². The Morgan fingerprint density at radius 1 is 1.50 bits per heavy atom. The van der Waals surface area contributed by atoms with Crippen molar-refractivity contribution >= 4 is 5.91 Å². The summed E-state index contributed by atoms with van der Waals surface area (Å²) in [5.41, 5.74) is 3.38. The van der Waals surface area contributed by atoms with Gasteiger partial charge in [0, 0.05) is 5.57 Å². The Morgan fingerprint density at radius 3 is 2.00 bits per heavy atom. The molecule has 0 bridgehead atoms. The number of alkyl halides is 3. The summed E-state index contributed by atoms with van der Waals surface area (Å²) in [5.74, 6) is -1.03. The first-order valence-corrected chi connectivity index (χ1v) is 2.37. The fraction of sp³-hybridized carbons (Fsp3) is 0.400. The van der Waals surface area contributed by atoms with E-state index in [9.17, 15) is 18.0 Å². The normalized spacial score (nSPS) is 11.1. The van der Waals surface area contributed by atoms with E-state index in [-0.39, 0.29) is 0 Å². The third-order valence-electron chi connectivity index (χ3n) is 0.789. The maximum absolute atomic E-state index is 11.5. The van der Waals surface area contributed by atoms with Crippen LogP contribution in [0.3, 0.4) is 0 Å². The largest absolute Gasteiger partial charge is 0.412 e. The number of halogens is 3. The predicted molar refractivity (Wildman–Crippen MR) is 29.0 cm³/mol. The van der Waals surface area contributed by atoms with E-state index in [2.05, 4.69) is 12.3 Å². The Kier molecular flexibility index (Phi) is 2.45. The first-order chi connectivity index (χ1) is 4.34. The first-order valence-electron chi connectivity index (χ1n) is 2.37. The molecule has 0 unspecified atom stereocenters. The first kappa shape index (κ1) is 9.00. The third kappa shape index (κ3) is 3.11. The van der Waals surface area contributed by atoms with Crippen LogP contribution in [0, 0.1) is 0 Å². The van der Waals surface area contributed by atoms with Crippen LogP contribution in [0.5, 0.6) is 0 Å². The van der Waals surface area contributed by atoms with E-state index in [1.165, 1.54) is 0 Å². The van der Waals surface area contributed by atoms with Gasteiger partial charge in [-0.15, -0.1) is 0 Å². The summed E-state index contributed by atoms with van der Waals surface area (Å²) < 4.78 is 34.5.